The van der Waals surface area contributed by atoms with E-state index in [-0.39, 0.29) is 29.3 Å². The Bertz CT molecular complexity index is 1020. The van der Waals surface area contributed by atoms with Crippen LogP contribution < -0.4 is 10.6 Å². The minimum atomic E-state index is -0.969. The Kier molecular flexibility index (Phi) is 6.55. The summed E-state index contributed by atoms with van der Waals surface area (Å²) in [5.41, 5.74) is 1.02. The van der Waals surface area contributed by atoms with Crippen molar-refractivity contribution < 1.29 is 22.8 Å². The molecule has 0 radical (unpaired) electrons. The molecule has 0 saturated carbocycles. The minimum absolute atomic E-state index is 0.0386. The zero-order chi connectivity index (χ0) is 20.8. The second kappa shape index (κ2) is 9.28. The molecule has 0 atom stereocenters. The molecule has 0 saturated heterocycles. The second-order valence-electron chi connectivity index (χ2n) is 5.95. The van der Waals surface area contributed by atoms with Crippen LogP contribution in [0.3, 0.4) is 0 Å². The number of carbonyl (C=O) groups excluding carboxylic acids is 2. The number of benzene rings is 2. The molecule has 29 heavy (non-hydrogen) atoms. The number of hydrogen-bond donors (Lipinski definition) is 2. The van der Waals surface area contributed by atoms with Crippen molar-refractivity contribution in [2.75, 3.05) is 11.1 Å². The fraction of sp³-hybridized carbons (Fsp3) is 0.158. The topological polar surface area (TPSA) is 97.1 Å². The van der Waals surface area contributed by atoms with Crippen LogP contribution in [0.25, 0.3) is 0 Å². The summed E-state index contributed by atoms with van der Waals surface area (Å²) < 4.78 is 32.5. The van der Waals surface area contributed by atoms with Gasteiger partial charge in [0, 0.05) is 5.69 Å². The van der Waals surface area contributed by atoms with Crippen molar-refractivity contribution in [2.24, 2.45) is 0 Å². The predicted molar refractivity (Wildman–Crippen MR) is 102 cm³/mol. The molecule has 0 aliphatic carbocycles. The zero-order valence-electron chi connectivity index (χ0n) is 15.2. The number of aryl methyl sites for hydroxylation is 1. The average Bonchev–Trinajstić information content (AvgIpc) is 3.12. The van der Waals surface area contributed by atoms with Crippen LogP contribution in [0.2, 0.25) is 0 Å². The molecule has 2 N–H and O–H groups in total. The molecule has 0 fully saturated rings. The smallest absolute Gasteiger partial charge is 0.277 e. The maximum Gasteiger partial charge on any atom is 0.277 e. The van der Waals surface area contributed by atoms with E-state index in [1.165, 1.54) is 0 Å². The third-order valence-corrected chi connectivity index (χ3v) is 4.49. The molecule has 1 aromatic heterocycles. The molecule has 150 valence electrons. The van der Waals surface area contributed by atoms with E-state index in [2.05, 4.69) is 20.8 Å². The summed E-state index contributed by atoms with van der Waals surface area (Å²) in [6, 6.07) is 10.5. The lowest BCUT2D eigenvalue weighted by Gasteiger charge is -2.05. The fourth-order valence-corrected chi connectivity index (χ4v) is 2.95. The van der Waals surface area contributed by atoms with E-state index < -0.39 is 23.1 Å². The maximum atomic E-state index is 13.6. The number of nitrogens with zero attached hydrogens (tertiary/aromatic N) is 2. The van der Waals surface area contributed by atoms with Gasteiger partial charge in [-0.15, -0.1) is 10.2 Å². The van der Waals surface area contributed by atoms with E-state index in [1.54, 1.807) is 6.07 Å². The number of hydrogen-bond acceptors (Lipinski definition) is 6. The molecule has 7 nitrogen and oxygen atoms in total. The van der Waals surface area contributed by atoms with Crippen LogP contribution in [0.4, 0.5) is 14.5 Å². The molecule has 10 heteroatoms. The molecule has 0 aliphatic rings. The van der Waals surface area contributed by atoms with Gasteiger partial charge in [0.1, 0.15) is 17.2 Å². The SMILES string of the molecule is Cc1cccc(NC(=O)CSc2nnc(CNC(=O)c3c(F)cccc3F)o2)c1. The highest BCUT2D eigenvalue weighted by Gasteiger charge is 2.18. The molecular formula is C19H16F2N4O3S. The van der Waals surface area contributed by atoms with Crippen molar-refractivity contribution in [3.8, 4) is 0 Å². The van der Waals surface area contributed by atoms with Crippen molar-refractivity contribution >= 4 is 29.3 Å². The Balaban J connectivity index is 1.49. The zero-order valence-corrected chi connectivity index (χ0v) is 16.1. The summed E-state index contributed by atoms with van der Waals surface area (Å²) in [6.07, 6.45) is 0. The van der Waals surface area contributed by atoms with Gasteiger partial charge in [-0.05, 0) is 36.8 Å². The summed E-state index contributed by atoms with van der Waals surface area (Å²) in [7, 11) is 0. The van der Waals surface area contributed by atoms with Gasteiger partial charge in [0.25, 0.3) is 11.1 Å². The highest BCUT2D eigenvalue weighted by atomic mass is 32.2. The normalized spacial score (nSPS) is 10.6. The number of carbonyl (C=O) groups is 2. The maximum absolute atomic E-state index is 13.6. The van der Waals surface area contributed by atoms with Crippen LogP contribution in [-0.4, -0.2) is 27.8 Å². The molecule has 0 bridgehead atoms. The Morgan fingerprint density at radius 1 is 1.10 bits per heavy atom. The summed E-state index contributed by atoms with van der Waals surface area (Å²) in [6.45, 7) is 1.71. The van der Waals surface area contributed by atoms with Crippen LogP contribution in [-0.2, 0) is 11.3 Å². The van der Waals surface area contributed by atoms with Gasteiger partial charge in [-0.25, -0.2) is 8.78 Å². The van der Waals surface area contributed by atoms with Gasteiger partial charge >= 0.3 is 0 Å². The number of amides is 2. The quantitative estimate of drug-likeness (QED) is 0.572. The van der Waals surface area contributed by atoms with Crippen molar-refractivity contribution in [2.45, 2.75) is 18.7 Å². The molecule has 2 amide bonds. The molecule has 2 aromatic carbocycles. The van der Waals surface area contributed by atoms with Gasteiger partial charge in [-0.1, -0.05) is 30.0 Å². The van der Waals surface area contributed by atoms with Crippen LogP contribution in [0.1, 0.15) is 21.8 Å². The monoisotopic (exact) mass is 418 g/mol. The summed E-state index contributed by atoms with van der Waals surface area (Å²) in [5.74, 6) is -3.04. The van der Waals surface area contributed by atoms with Gasteiger partial charge in [0.15, 0.2) is 0 Å². The third-order valence-electron chi connectivity index (χ3n) is 3.67. The number of rotatable bonds is 7. The Morgan fingerprint density at radius 3 is 2.55 bits per heavy atom. The summed E-state index contributed by atoms with van der Waals surface area (Å²) in [5, 5.41) is 12.7. The van der Waals surface area contributed by atoms with Crippen LogP contribution >= 0.6 is 11.8 Å². The molecule has 3 aromatic rings. The molecule has 0 aliphatic heterocycles. The number of thioether (sulfide) groups is 1. The summed E-state index contributed by atoms with van der Waals surface area (Å²) in [4.78, 5) is 23.9. The summed E-state index contributed by atoms with van der Waals surface area (Å²) >= 11 is 1.02. The Labute approximate surface area is 168 Å². The highest BCUT2D eigenvalue weighted by molar-refractivity contribution is 7.99. The first kappa shape index (κ1) is 20.5. The largest absolute Gasteiger partial charge is 0.414 e. The molecule has 3 rings (SSSR count). The van der Waals surface area contributed by atoms with Crippen molar-refractivity contribution in [1.29, 1.82) is 0 Å². The standard InChI is InChI=1S/C19H16F2N4O3S/c1-11-4-2-5-12(8-11)23-15(26)10-29-19-25-24-16(28-19)9-22-18(27)17-13(20)6-3-7-14(17)21/h2-8H,9-10H2,1H3,(H,22,27)(H,23,26). The number of aromatic nitrogens is 2. The average molecular weight is 418 g/mol. The van der Waals surface area contributed by atoms with Crippen molar-refractivity contribution in [3.05, 3.63) is 71.1 Å². The molecule has 0 spiro atoms. The third kappa shape index (κ3) is 5.61. The molecule has 0 unspecified atom stereocenters. The van der Waals surface area contributed by atoms with Crippen molar-refractivity contribution in [1.82, 2.24) is 15.5 Å². The van der Waals surface area contributed by atoms with Gasteiger partial charge in [-0.3, -0.25) is 9.59 Å². The van der Waals surface area contributed by atoms with E-state index in [4.69, 9.17) is 4.42 Å². The first-order valence-corrected chi connectivity index (χ1v) is 9.45. The minimum Gasteiger partial charge on any atom is -0.414 e. The Hall–Kier alpha value is -3.27. The highest BCUT2D eigenvalue weighted by Crippen LogP contribution is 2.17. The number of anilines is 1. The van der Waals surface area contributed by atoms with Crippen molar-refractivity contribution in [3.63, 3.8) is 0 Å². The van der Waals surface area contributed by atoms with E-state index in [0.717, 1.165) is 35.5 Å². The fourth-order valence-electron chi connectivity index (χ4n) is 2.37. The lowest BCUT2D eigenvalue weighted by atomic mass is 10.2. The van der Waals surface area contributed by atoms with E-state index in [0.29, 0.717) is 5.69 Å². The van der Waals surface area contributed by atoms with E-state index in [9.17, 15) is 18.4 Å². The van der Waals surface area contributed by atoms with Gasteiger partial charge in [0.05, 0.1) is 12.3 Å². The van der Waals surface area contributed by atoms with Crippen LogP contribution in [0, 0.1) is 18.6 Å². The van der Waals surface area contributed by atoms with Gasteiger partial charge < -0.3 is 15.1 Å². The predicted octanol–water partition coefficient (Wildman–Crippen LogP) is 3.32. The molecular weight excluding hydrogens is 402 g/mol. The Morgan fingerprint density at radius 2 is 1.83 bits per heavy atom. The molecule has 1 heterocycles. The lowest BCUT2D eigenvalue weighted by Crippen LogP contribution is -2.25. The van der Waals surface area contributed by atoms with Crippen LogP contribution in [0.15, 0.2) is 52.1 Å². The van der Waals surface area contributed by atoms with Gasteiger partial charge in [0.2, 0.25) is 11.8 Å². The number of nitrogens with one attached hydrogen (secondary N) is 2. The van der Waals surface area contributed by atoms with E-state index >= 15 is 0 Å². The number of halogens is 2. The van der Waals surface area contributed by atoms with E-state index in [1.807, 2.05) is 25.1 Å². The lowest BCUT2D eigenvalue weighted by molar-refractivity contribution is -0.113. The van der Waals surface area contributed by atoms with Gasteiger partial charge in [-0.2, -0.15) is 0 Å². The second-order valence-corrected chi connectivity index (χ2v) is 6.87. The first-order valence-electron chi connectivity index (χ1n) is 8.46. The first-order chi connectivity index (χ1) is 13.9. The van der Waals surface area contributed by atoms with Crippen LogP contribution in [0.5, 0.6) is 0 Å².